The molecule has 0 aliphatic heterocycles. The summed E-state index contributed by atoms with van der Waals surface area (Å²) in [5.74, 6) is -1.43. The van der Waals surface area contributed by atoms with Gasteiger partial charge in [0.15, 0.2) is 17.1 Å². The van der Waals surface area contributed by atoms with Crippen LogP contribution in [0.3, 0.4) is 0 Å². The summed E-state index contributed by atoms with van der Waals surface area (Å²) in [4.78, 5) is 25.4. The molecule has 7 nitrogen and oxygen atoms in total. The van der Waals surface area contributed by atoms with Gasteiger partial charge >= 0.3 is 5.97 Å². The lowest BCUT2D eigenvalue weighted by Gasteiger charge is -2.18. The maximum Gasteiger partial charge on any atom is 0.326 e. The van der Waals surface area contributed by atoms with Gasteiger partial charge in [0.25, 0.3) is 5.91 Å². The number of hydrogen-bond acceptors (Lipinski definition) is 6. The molecule has 2 rings (SSSR count). The Labute approximate surface area is 148 Å². The molecule has 0 saturated heterocycles. The molecule has 0 radical (unpaired) electrons. The van der Waals surface area contributed by atoms with Crippen LogP contribution in [-0.2, 0) is 14.3 Å². The third kappa shape index (κ3) is 5.39. The number of para-hydroxylation sites is 1. The predicted octanol–water partition coefficient (Wildman–Crippen LogP) is 2.28. The first-order valence-corrected chi connectivity index (χ1v) is 7.70. The number of halogens is 2. The fourth-order valence-corrected chi connectivity index (χ4v) is 1.97. The highest BCUT2D eigenvalue weighted by Gasteiger charge is 2.20. The standard InChI is InChI=1S/C16H16ClFN4O3/c1-10(16(24)19-12-6-4-3-5-11(12)18)25-15(23)9-22(2)14-8-7-13(17)20-21-14/h3-8,10H,9H2,1-2H3,(H,19,24). The zero-order chi connectivity index (χ0) is 18.4. The Balaban J connectivity index is 1.87. The van der Waals surface area contributed by atoms with Crippen molar-refractivity contribution >= 4 is 35.0 Å². The van der Waals surface area contributed by atoms with E-state index in [4.69, 9.17) is 16.3 Å². The van der Waals surface area contributed by atoms with Crippen molar-refractivity contribution < 1.29 is 18.7 Å². The van der Waals surface area contributed by atoms with Crippen molar-refractivity contribution in [3.05, 3.63) is 47.4 Å². The van der Waals surface area contributed by atoms with E-state index in [1.165, 1.54) is 36.1 Å². The van der Waals surface area contributed by atoms with Gasteiger partial charge in [0.1, 0.15) is 12.4 Å². The lowest BCUT2D eigenvalue weighted by Crippen LogP contribution is -2.35. The summed E-state index contributed by atoms with van der Waals surface area (Å²) in [5, 5.41) is 10.1. The van der Waals surface area contributed by atoms with Crippen LogP contribution in [0.1, 0.15) is 6.92 Å². The summed E-state index contributed by atoms with van der Waals surface area (Å²) in [6, 6.07) is 8.84. The highest BCUT2D eigenvalue weighted by Crippen LogP contribution is 2.13. The minimum atomic E-state index is -1.09. The van der Waals surface area contributed by atoms with Gasteiger partial charge in [-0.1, -0.05) is 23.7 Å². The summed E-state index contributed by atoms with van der Waals surface area (Å²) in [7, 11) is 1.61. The Bertz CT molecular complexity index is 757. The van der Waals surface area contributed by atoms with Crippen LogP contribution in [0.2, 0.25) is 5.15 Å². The lowest BCUT2D eigenvalue weighted by molar-refractivity contribution is -0.151. The Morgan fingerprint density at radius 1 is 1.28 bits per heavy atom. The number of ether oxygens (including phenoxy) is 1. The molecule has 1 heterocycles. The van der Waals surface area contributed by atoms with Crippen LogP contribution < -0.4 is 10.2 Å². The van der Waals surface area contributed by atoms with Crippen molar-refractivity contribution in [2.75, 3.05) is 23.8 Å². The number of likely N-dealkylation sites (N-methyl/N-ethyl adjacent to an activating group) is 1. The van der Waals surface area contributed by atoms with Gasteiger partial charge in [-0.2, -0.15) is 0 Å². The van der Waals surface area contributed by atoms with Crippen molar-refractivity contribution in [3.63, 3.8) is 0 Å². The molecule has 1 aromatic carbocycles. The Morgan fingerprint density at radius 2 is 2.00 bits per heavy atom. The second kappa shape index (κ2) is 8.39. The highest BCUT2D eigenvalue weighted by atomic mass is 35.5. The number of benzene rings is 1. The molecule has 1 unspecified atom stereocenters. The Morgan fingerprint density at radius 3 is 2.64 bits per heavy atom. The average molecular weight is 367 g/mol. The van der Waals surface area contributed by atoms with E-state index < -0.39 is 23.8 Å². The fourth-order valence-electron chi connectivity index (χ4n) is 1.87. The molecule has 25 heavy (non-hydrogen) atoms. The molecule has 1 atom stereocenters. The largest absolute Gasteiger partial charge is 0.451 e. The van der Waals surface area contributed by atoms with E-state index in [0.29, 0.717) is 5.82 Å². The predicted molar refractivity (Wildman–Crippen MR) is 90.9 cm³/mol. The zero-order valence-electron chi connectivity index (χ0n) is 13.6. The number of carbonyl (C=O) groups is 2. The van der Waals surface area contributed by atoms with E-state index in [1.54, 1.807) is 19.2 Å². The molecule has 9 heteroatoms. The number of carbonyl (C=O) groups excluding carboxylic acids is 2. The maximum absolute atomic E-state index is 13.5. The summed E-state index contributed by atoms with van der Waals surface area (Å²) in [6.07, 6.45) is -1.09. The molecular weight excluding hydrogens is 351 g/mol. The molecule has 0 bridgehead atoms. The summed E-state index contributed by atoms with van der Waals surface area (Å²) >= 11 is 5.65. The number of aromatic nitrogens is 2. The topological polar surface area (TPSA) is 84.4 Å². The van der Waals surface area contributed by atoms with Crippen LogP contribution in [0.4, 0.5) is 15.9 Å². The van der Waals surface area contributed by atoms with Gasteiger partial charge < -0.3 is 15.0 Å². The van der Waals surface area contributed by atoms with Crippen LogP contribution in [0.5, 0.6) is 0 Å². The fraction of sp³-hybridized carbons (Fsp3) is 0.250. The normalized spacial score (nSPS) is 11.5. The van der Waals surface area contributed by atoms with Crippen molar-refractivity contribution in [2.24, 2.45) is 0 Å². The van der Waals surface area contributed by atoms with Gasteiger partial charge in [0.05, 0.1) is 5.69 Å². The molecular formula is C16H16ClFN4O3. The summed E-state index contributed by atoms with van der Waals surface area (Å²) in [5.41, 5.74) is 0.0176. The van der Waals surface area contributed by atoms with Crippen molar-refractivity contribution in [1.82, 2.24) is 10.2 Å². The summed E-state index contributed by atoms with van der Waals surface area (Å²) in [6.45, 7) is 1.25. The van der Waals surface area contributed by atoms with E-state index >= 15 is 0 Å². The first-order valence-electron chi connectivity index (χ1n) is 7.32. The van der Waals surface area contributed by atoms with Crippen molar-refractivity contribution in [1.29, 1.82) is 0 Å². The number of anilines is 2. The number of rotatable bonds is 6. The molecule has 1 aromatic heterocycles. The van der Waals surface area contributed by atoms with Gasteiger partial charge in [-0.15, -0.1) is 10.2 Å². The smallest absolute Gasteiger partial charge is 0.326 e. The molecule has 1 N–H and O–H groups in total. The third-order valence-corrected chi connectivity index (χ3v) is 3.39. The van der Waals surface area contributed by atoms with Crippen LogP contribution in [-0.4, -0.2) is 41.8 Å². The molecule has 0 aliphatic carbocycles. The molecule has 0 aliphatic rings. The van der Waals surface area contributed by atoms with Gasteiger partial charge in [-0.25, -0.2) is 4.39 Å². The van der Waals surface area contributed by atoms with Gasteiger partial charge in [0, 0.05) is 7.05 Å². The number of amides is 1. The molecule has 2 aromatic rings. The maximum atomic E-state index is 13.5. The van der Waals surface area contributed by atoms with Crippen molar-refractivity contribution in [3.8, 4) is 0 Å². The van der Waals surface area contributed by atoms with Gasteiger partial charge in [0.2, 0.25) is 0 Å². The minimum Gasteiger partial charge on any atom is -0.451 e. The SMILES string of the molecule is CC(OC(=O)CN(C)c1ccc(Cl)nn1)C(=O)Nc1ccccc1F. The zero-order valence-corrected chi connectivity index (χ0v) is 14.3. The minimum absolute atomic E-state index is 0.0176. The molecule has 1 amide bonds. The number of nitrogens with zero attached hydrogens (tertiary/aromatic N) is 3. The van der Waals surface area contributed by atoms with Gasteiger partial charge in [-0.3, -0.25) is 9.59 Å². The van der Waals surface area contributed by atoms with Gasteiger partial charge in [-0.05, 0) is 31.2 Å². The molecule has 0 saturated carbocycles. The van der Waals surface area contributed by atoms with E-state index in [0.717, 1.165) is 0 Å². The van der Waals surface area contributed by atoms with Crippen LogP contribution in [0, 0.1) is 5.82 Å². The van der Waals surface area contributed by atoms with E-state index in [-0.39, 0.29) is 17.4 Å². The van der Waals surface area contributed by atoms with Crippen molar-refractivity contribution in [2.45, 2.75) is 13.0 Å². The quantitative estimate of drug-likeness (QED) is 0.789. The van der Waals surface area contributed by atoms with Crippen LogP contribution in [0.25, 0.3) is 0 Å². The highest BCUT2D eigenvalue weighted by molar-refractivity contribution is 6.29. The van der Waals surface area contributed by atoms with E-state index in [9.17, 15) is 14.0 Å². The molecule has 0 fully saturated rings. The molecule has 0 spiro atoms. The summed E-state index contributed by atoms with van der Waals surface area (Å²) < 4.78 is 18.6. The first-order chi connectivity index (χ1) is 11.9. The number of nitrogens with one attached hydrogen (secondary N) is 1. The van der Waals surface area contributed by atoms with E-state index in [2.05, 4.69) is 15.5 Å². The lowest BCUT2D eigenvalue weighted by atomic mass is 10.3. The van der Waals surface area contributed by atoms with Crippen LogP contribution >= 0.6 is 11.6 Å². The monoisotopic (exact) mass is 366 g/mol. The molecule has 132 valence electrons. The second-order valence-corrected chi connectivity index (χ2v) is 5.56. The first kappa shape index (κ1) is 18.6. The number of esters is 1. The Hall–Kier alpha value is -2.74. The Kier molecular flexibility index (Phi) is 6.24. The van der Waals surface area contributed by atoms with Crippen LogP contribution in [0.15, 0.2) is 36.4 Å². The second-order valence-electron chi connectivity index (χ2n) is 5.17. The third-order valence-electron chi connectivity index (χ3n) is 3.18. The van der Waals surface area contributed by atoms with E-state index in [1.807, 2.05) is 0 Å². The average Bonchev–Trinajstić information content (AvgIpc) is 2.57. The number of hydrogen-bond donors (Lipinski definition) is 1.